The average Bonchev–Trinajstić information content (AvgIpc) is 3.27. The summed E-state index contributed by atoms with van der Waals surface area (Å²) in [4.78, 5) is 12.5. The maximum atomic E-state index is 13.7. The molecular formula is C25H27F3N4O2S. The van der Waals surface area contributed by atoms with Crippen molar-refractivity contribution in [3.8, 4) is 23.0 Å². The zero-order chi connectivity index (χ0) is 25.4. The minimum absolute atomic E-state index is 0.0658. The second-order valence-electron chi connectivity index (χ2n) is 8.01. The highest BCUT2D eigenvalue weighted by Crippen LogP contribution is 2.39. The quantitative estimate of drug-likeness (QED) is 0.289. The molecule has 0 aliphatic heterocycles. The molecule has 0 spiro atoms. The first-order chi connectivity index (χ1) is 16.7. The normalized spacial score (nSPS) is 11.8. The van der Waals surface area contributed by atoms with Gasteiger partial charge in [-0.05, 0) is 57.9 Å². The molecule has 1 aromatic carbocycles. The highest BCUT2D eigenvalue weighted by Gasteiger charge is 2.34. The molecule has 0 saturated heterocycles. The minimum Gasteiger partial charge on any atom is -0.489 e. The molecule has 35 heavy (non-hydrogen) atoms. The first-order valence-electron chi connectivity index (χ1n) is 10.9. The number of hydrogen-bond donors (Lipinski definition) is 1. The zero-order valence-electron chi connectivity index (χ0n) is 19.9. The summed E-state index contributed by atoms with van der Waals surface area (Å²) in [5.74, 6) is -0.216. The maximum Gasteiger partial charge on any atom is 0.420 e. The molecule has 0 fully saturated rings. The van der Waals surface area contributed by atoms with E-state index in [1.54, 1.807) is 17.8 Å². The molecule has 0 radical (unpaired) electrons. The highest BCUT2D eigenvalue weighted by molar-refractivity contribution is 7.14. The van der Waals surface area contributed by atoms with Crippen molar-refractivity contribution in [3.63, 3.8) is 0 Å². The number of anilines is 2. The summed E-state index contributed by atoms with van der Waals surface area (Å²) in [5.41, 5.74) is 2.97. The van der Waals surface area contributed by atoms with Crippen LogP contribution in [0.5, 0.6) is 11.8 Å². The zero-order valence-corrected chi connectivity index (χ0v) is 20.8. The van der Waals surface area contributed by atoms with Gasteiger partial charge in [-0.15, -0.1) is 11.3 Å². The lowest BCUT2D eigenvalue weighted by Crippen LogP contribution is -2.09. The van der Waals surface area contributed by atoms with Crippen molar-refractivity contribution in [1.82, 2.24) is 15.0 Å². The van der Waals surface area contributed by atoms with Crippen molar-refractivity contribution in [3.05, 3.63) is 64.8 Å². The van der Waals surface area contributed by atoms with Crippen molar-refractivity contribution >= 4 is 22.2 Å². The Bertz CT molecular complexity index is 1180. The van der Waals surface area contributed by atoms with Crippen molar-refractivity contribution in [2.75, 3.05) is 19.0 Å². The third kappa shape index (κ3) is 7.81. The number of hydrogen-bond acceptors (Lipinski definition) is 7. The van der Waals surface area contributed by atoms with E-state index in [0.29, 0.717) is 16.4 Å². The topological polar surface area (TPSA) is 69.2 Å². The summed E-state index contributed by atoms with van der Waals surface area (Å²) in [6, 6.07) is 4.12. The number of benzene rings is 1. The first-order valence-corrected chi connectivity index (χ1v) is 11.8. The molecule has 0 unspecified atom stereocenters. The summed E-state index contributed by atoms with van der Waals surface area (Å²) in [6.07, 6.45) is 4.23. The number of nitrogens with one attached hydrogen (secondary N) is 1. The fraction of sp³-hybridized carbons (Fsp3) is 0.320. The van der Waals surface area contributed by atoms with Crippen molar-refractivity contribution in [2.24, 2.45) is 0 Å². The Hall–Kier alpha value is -3.40. The summed E-state index contributed by atoms with van der Waals surface area (Å²) < 4.78 is 51.6. The van der Waals surface area contributed by atoms with Crippen molar-refractivity contribution < 1.29 is 22.6 Å². The van der Waals surface area contributed by atoms with Crippen molar-refractivity contribution in [2.45, 2.75) is 39.8 Å². The van der Waals surface area contributed by atoms with Crippen LogP contribution in [0.3, 0.4) is 0 Å². The maximum absolute atomic E-state index is 13.7. The number of halogens is 3. The number of ether oxygens (including phenoxy) is 2. The lowest BCUT2D eigenvalue weighted by atomic mass is 10.1. The van der Waals surface area contributed by atoms with Gasteiger partial charge in [0.05, 0.1) is 18.4 Å². The molecule has 0 aliphatic carbocycles. The van der Waals surface area contributed by atoms with E-state index in [-0.39, 0.29) is 24.1 Å². The van der Waals surface area contributed by atoms with Gasteiger partial charge in [-0.2, -0.15) is 13.2 Å². The molecule has 2 heterocycles. The predicted octanol–water partition coefficient (Wildman–Crippen LogP) is 7.44. The van der Waals surface area contributed by atoms with Crippen LogP contribution in [0.25, 0.3) is 11.3 Å². The predicted molar refractivity (Wildman–Crippen MR) is 132 cm³/mol. The van der Waals surface area contributed by atoms with E-state index in [4.69, 9.17) is 9.47 Å². The molecule has 0 bridgehead atoms. The molecule has 1 N–H and O–H groups in total. The third-order valence-corrected chi connectivity index (χ3v) is 5.67. The number of methoxy groups -OCH3 is 1. The molecule has 0 amide bonds. The van der Waals surface area contributed by atoms with Gasteiger partial charge in [-0.3, -0.25) is 0 Å². The number of rotatable bonds is 10. The van der Waals surface area contributed by atoms with Crippen LogP contribution >= 0.6 is 11.3 Å². The van der Waals surface area contributed by atoms with Crippen LogP contribution in [-0.2, 0) is 6.18 Å². The van der Waals surface area contributed by atoms with Gasteiger partial charge in [0.1, 0.15) is 12.4 Å². The van der Waals surface area contributed by atoms with Gasteiger partial charge >= 0.3 is 12.2 Å². The molecule has 0 aliphatic rings. The Morgan fingerprint density at radius 3 is 2.51 bits per heavy atom. The van der Waals surface area contributed by atoms with Crippen LogP contribution in [0.1, 0.15) is 39.2 Å². The number of aromatic nitrogens is 3. The first kappa shape index (κ1) is 26.2. The van der Waals surface area contributed by atoms with Crippen LogP contribution in [0.4, 0.5) is 24.0 Å². The second-order valence-corrected chi connectivity index (χ2v) is 8.87. The summed E-state index contributed by atoms with van der Waals surface area (Å²) in [5, 5.41) is 5.14. The summed E-state index contributed by atoms with van der Waals surface area (Å²) in [7, 11) is 1.47. The number of alkyl halides is 3. The van der Waals surface area contributed by atoms with Gasteiger partial charge in [-0.25, -0.2) is 15.0 Å². The van der Waals surface area contributed by atoms with E-state index < -0.39 is 11.7 Å². The van der Waals surface area contributed by atoms with Crippen LogP contribution < -0.4 is 14.8 Å². The van der Waals surface area contributed by atoms with E-state index in [2.05, 4.69) is 26.3 Å². The smallest absolute Gasteiger partial charge is 0.420 e. The molecule has 0 saturated carbocycles. The molecule has 0 atom stereocenters. The molecule has 2 aromatic heterocycles. The molecule has 6 nitrogen and oxygen atoms in total. The van der Waals surface area contributed by atoms with Crippen LogP contribution in [-0.4, -0.2) is 28.7 Å². The molecule has 3 aromatic rings. The van der Waals surface area contributed by atoms with Crippen LogP contribution in [0.2, 0.25) is 0 Å². The van der Waals surface area contributed by atoms with E-state index in [1.165, 1.54) is 36.2 Å². The Labute approximate surface area is 206 Å². The Morgan fingerprint density at radius 1 is 1.11 bits per heavy atom. The fourth-order valence-corrected chi connectivity index (χ4v) is 3.80. The fourth-order valence-electron chi connectivity index (χ4n) is 3.06. The number of nitrogens with zero attached hydrogens (tertiary/aromatic N) is 3. The largest absolute Gasteiger partial charge is 0.489 e. The van der Waals surface area contributed by atoms with Gasteiger partial charge in [0.25, 0.3) is 0 Å². The molecule has 10 heteroatoms. The van der Waals surface area contributed by atoms with Gasteiger partial charge in [0.15, 0.2) is 5.13 Å². The van der Waals surface area contributed by atoms with Gasteiger partial charge in [0.2, 0.25) is 0 Å². The Kier molecular flexibility index (Phi) is 8.86. The molecular weight excluding hydrogens is 477 g/mol. The second kappa shape index (κ2) is 11.8. The average molecular weight is 505 g/mol. The van der Waals surface area contributed by atoms with Gasteiger partial charge in [-0.1, -0.05) is 17.2 Å². The standard InChI is InChI=1S/C25H27F3N4O2S/c1-16(2)6-5-7-17(3)10-11-34-22-9-8-19(12-20(22)25(26,27)28)31-24-32-21(15-35-24)18-13-29-23(33-4)30-14-18/h6,8-10,12-15H,5,7,11H2,1-4H3,(H,31,32). The lowest BCUT2D eigenvalue weighted by molar-refractivity contribution is -0.138. The minimum atomic E-state index is -4.57. The monoisotopic (exact) mass is 504 g/mol. The van der Waals surface area contributed by atoms with E-state index in [0.717, 1.165) is 24.5 Å². The van der Waals surface area contributed by atoms with Crippen LogP contribution in [0, 0.1) is 0 Å². The van der Waals surface area contributed by atoms with E-state index in [9.17, 15) is 13.2 Å². The number of thiazole rings is 1. The van der Waals surface area contributed by atoms with Gasteiger partial charge < -0.3 is 14.8 Å². The Morgan fingerprint density at radius 2 is 1.86 bits per heavy atom. The third-order valence-electron chi connectivity index (χ3n) is 4.91. The number of allylic oxidation sites excluding steroid dienone is 3. The van der Waals surface area contributed by atoms with Crippen molar-refractivity contribution in [1.29, 1.82) is 0 Å². The summed E-state index contributed by atoms with van der Waals surface area (Å²) in [6.45, 7) is 6.07. The van der Waals surface area contributed by atoms with E-state index in [1.807, 2.05) is 26.8 Å². The summed E-state index contributed by atoms with van der Waals surface area (Å²) >= 11 is 1.26. The molecule has 186 valence electrons. The highest BCUT2D eigenvalue weighted by atomic mass is 32.1. The van der Waals surface area contributed by atoms with E-state index >= 15 is 0 Å². The SMILES string of the molecule is COc1ncc(-c2csc(Nc3ccc(OCC=C(C)CCC=C(C)C)c(C(F)(F)F)c3)n2)cn1. The van der Waals surface area contributed by atoms with Gasteiger partial charge in [0, 0.05) is 29.0 Å². The van der Waals surface area contributed by atoms with Crippen LogP contribution in [0.15, 0.2) is 59.3 Å². The Balaban J connectivity index is 1.69. The molecule has 3 rings (SSSR count). The lowest BCUT2D eigenvalue weighted by Gasteiger charge is -2.15.